The van der Waals surface area contributed by atoms with Crippen molar-refractivity contribution in [1.82, 2.24) is 15.2 Å². The molecule has 0 saturated carbocycles. The first-order valence-corrected chi connectivity index (χ1v) is 5.79. The number of aromatic nitrogens is 1. The third kappa shape index (κ3) is 2.94. The Kier molecular flexibility index (Phi) is 3.58. The van der Waals surface area contributed by atoms with E-state index in [1.807, 2.05) is 0 Å². The van der Waals surface area contributed by atoms with E-state index in [-0.39, 0.29) is 11.7 Å². The second kappa shape index (κ2) is 5.14. The zero-order chi connectivity index (χ0) is 12.3. The van der Waals surface area contributed by atoms with Crippen LogP contribution in [0.4, 0.5) is 0 Å². The molecule has 1 saturated heterocycles. The summed E-state index contributed by atoms with van der Waals surface area (Å²) in [7, 11) is 2.07. The molecular weight excluding hydrogens is 218 g/mol. The van der Waals surface area contributed by atoms with Gasteiger partial charge in [-0.05, 0) is 32.5 Å². The van der Waals surface area contributed by atoms with Crippen LogP contribution < -0.4 is 5.32 Å². The van der Waals surface area contributed by atoms with E-state index in [4.69, 9.17) is 0 Å². The number of nitrogens with zero attached hydrogens (tertiary/aromatic N) is 2. The second-order valence-electron chi connectivity index (χ2n) is 4.42. The summed E-state index contributed by atoms with van der Waals surface area (Å²) in [4.78, 5) is 17.8. The van der Waals surface area contributed by atoms with Crippen LogP contribution in [0.25, 0.3) is 0 Å². The van der Waals surface area contributed by atoms with E-state index in [0.29, 0.717) is 18.2 Å². The molecule has 0 spiro atoms. The smallest absolute Gasteiger partial charge is 0.253 e. The lowest BCUT2D eigenvalue weighted by Crippen LogP contribution is -2.38. The Balaban J connectivity index is 1.89. The first-order chi connectivity index (χ1) is 8.16. The standard InChI is InChI=1S/C12H17N3O2/c1-15-4-2-3-10(15)7-14-12(17)9-5-11(16)8-13-6-9/h5-6,8,10,16H,2-4,7H2,1H3,(H,14,17). The number of amides is 1. The molecule has 2 heterocycles. The third-order valence-corrected chi connectivity index (χ3v) is 3.16. The molecule has 1 unspecified atom stereocenters. The van der Waals surface area contributed by atoms with Crippen molar-refractivity contribution in [3.8, 4) is 5.75 Å². The van der Waals surface area contributed by atoms with E-state index in [2.05, 4.69) is 22.2 Å². The van der Waals surface area contributed by atoms with Crippen LogP contribution in [0.3, 0.4) is 0 Å². The summed E-state index contributed by atoms with van der Waals surface area (Å²) in [6.07, 6.45) is 5.06. The maximum atomic E-state index is 11.8. The summed E-state index contributed by atoms with van der Waals surface area (Å²) in [6.45, 7) is 1.74. The number of pyridine rings is 1. The van der Waals surface area contributed by atoms with E-state index in [0.717, 1.165) is 13.0 Å². The molecule has 1 fully saturated rings. The van der Waals surface area contributed by atoms with Crippen molar-refractivity contribution in [1.29, 1.82) is 0 Å². The molecule has 1 aliphatic heterocycles. The number of rotatable bonds is 3. The molecule has 1 amide bonds. The van der Waals surface area contributed by atoms with Crippen LogP contribution in [0.2, 0.25) is 0 Å². The molecule has 0 aromatic carbocycles. The number of hydrogen-bond acceptors (Lipinski definition) is 4. The predicted molar refractivity (Wildman–Crippen MR) is 63.9 cm³/mol. The van der Waals surface area contributed by atoms with Gasteiger partial charge in [0, 0.05) is 18.8 Å². The van der Waals surface area contributed by atoms with Crippen LogP contribution in [0, 0.1) is 0 Å². The van der Waals surface area contributed by atoms with Gasteiger partial charge in [0.15, 0.2) is 0 Å². The van der Waals surface area contributed by atoms with E-state index >= 15 is 0 Å². The average molecular weight is 235 g/mol. The normalized spacial score (nSPS) is 20.4. The molecule has 0 radical (unpaired) electrons. The Hall–Kier alpha value is -1.62. The van der Waals surface area contributed by atoms with E-state index in [1.165, 1.54) is 24.9 Å². The van der Waals surface area contributed by atoms with Crippen LogP contribution in [0.5, 0.6) is 5.75 Å². The molecule has 1 aromatic heterocycles. The Morgan fingerprint density at radius 3 is 3.12 bits per heavy atom. The number of carbonyl (C=O) groups is 1. The van der Waals surface area contributed by atoms with Crippen molar-refractivity contribution in [2.45, 2.75) is 18.9 Å². The number of likely N-dealkylation sites (N-methyl/N-ethyl adjacent to an activating group) is 1. The molecule has 1 aromatic rings. The number of aromatic hydroxyl groups is 1. The van der Waals surface area contributed by atoms with Gasteiger partial charge in [0.05, 0.1) is 11.8 Å². The molecule has 1 atom stereocenters. The maximum Gasteiger partial charge on any atom is 0.253 e. The van der Waals surface area contributed by atoms with Gasteiger partial charge in [-0.2, -0.15) is 0 Å². The largest absolute Gasteiger partial charge is 0.506 e. The minimum absolute atomic E-state index is 0.00985. The van der Waals surface area contributed by atoms with Crippen molar-refractivity contribution in [2.24, 2.45) is 0 Å². The van der Waals surface area contributed by atoms with Crippen molar-refractivity contribution in [3.05, 3.63) is 24.0 Å². The summed E-state index contributed by atoms with van der Waals surface area (Å²) in [5, 5.41) is 12.1. The number of hydrogen-bond donors (Lipinski definition) is 2. The molecule has 2 rings (SSSR count). The molecule has 1 aliphatic rings. The Bertz CT molecular complexity index is 408. The van der Waals surface area contributed by atoms with Gasteiger partial charge in [-0.15, -0.1) is 0 Å². The SMILES string of the molecule is CN1CCCC1CNC(=O)c1cncc(O)c1. The van der Waals surface area contributed by atoms with Crippen molar-refractivity contribution in [2.75, 3.05) is 20.1 Å². The van der Waals surface area contributed by atoms with Gasteiger partial charge < -0.3 is 15.3 Å². The quantitative estimate of drug-likeness (QED) is 0.805. The van der Waals surface area contributed by atoms with Crippen molar-refractivity contribution in [3.63, 3.8) is 0 Å². The Morgan fingerprint density at radius 2 is 2.47 bits per heavy atom. The van der Waals surface area contributed by atoms with Crippen LogP contribution in [0.1, 0.15) is 23.2 Å². The zero-order valence-electron chi connectivity index (χ0n) is 9.89. The van der Waals surface area contributed by atoms with Crippen LogP contribution in [-0.4, -0.2) is 47.1 Å². The lowest BCUT2D eigenvalue weighted by molar-refractivity contribution is 0.0943. The summed E-state index contributed by atoms with van der Waals surface area (Å²) < 4.78 is 0. The highest BCUT2D eigenvalue weighted by atomic mass is 16.3. The van der Waals surface area contributed by atoms with Crippen LogP contribution in [0.15, 0.2) is 18.5 Å². The number of likely N-dealkylation sites (tertiary alicyclic amines) is 1. The molecule has 0 aliphatic carbocycles. The molecular formula is C12H17N3O2. The molecule has 2 N–H and O–H groups in total. The van der Waals surface area contributed by atoms with Crippen molar-refractivity contribution < 1.29 is 9.90 Å². The molecule has 17 heavy (non-hydrogen) atoms. The Labute approximate surface area is 100 Å². The lowest BCUT2D eigenvalue weighted by atomic mass is 10.2. The fraction of sp³-hybridized carbons (Fsp3) is 0.500. The summed E-state index contributed by atoms with van der Waals surface area (Å²) in [5.41, 5.74) is 0.394. The molecule has 5 nitrogen and oxygen atoms in total. The highest BCUT2D eigenvalue weighted by Crippen LogP contribution is 2.14. The van der Waals surface area contributed by atoms with Crippen LogP contribution >= 0.6 is 0 Å². The highest BCUT2D eigenvalue weighted by Gasteiger charge is 2.21. The fourth-order valence-corrected chi connectivity index (χ4v) is 2.10. The summed E-state index contributed by atoms with van der Waals surface area (Å²) in [5.74, 6) is -0.177. The van der Waals surface area contributed by atoms with Gasteiger partial charge in [0.2, 0.25) is 0 Å². The topological polar surface area (TPSA) is 65.5 Å². The number of nitrogens with one attached hydrogen (secondary N) is 1. The van der Waals surface area contributed by atoms with E-state index in [9.17, 15) is 9.90 Å². The molecule has 0 bridgehead atoms. The molecule has 92 valence electrons. The lowest BCUT2D eigenvalue weighted by Gasteiger charge is -2.19. The van der Waals surface area contributed by atoms with Gasteiger partial charge in [-0.1, -0.05) is 0 Å². The van der Waals surface area contributed by atoms with Gasteiger partial charge in [-0.25, -0.2) is 0 Å². The fourth-order valence-electron chi connectivity index (χ4n) is 2.10. The van der Waals surface area contributed by atoms with Crippen LogP contribution in [-0.2, 0) is 0 Å². The van der Waals surface area contributed by atoms with E-state index in [1.54, 1.807) is 0 Å². The Morgan fingerprint density at radius 1 is 1.65 bits per heavy atom. The average Bonchev–Trinajstić information content (AvgIpc) is 2.72. The minimum atomic E-state index is -0.186. The highest BCUT2D eigenvalue weighted by molar-refractivity contribution is 5.94. The third-order valence-electron chi connectivity index (χ3n) is 3.16. The van der Waals surface area contributed by atoms with Gasteiger partial charge in [0.25, 0.3) is 5.91 Å². The summed E-state index contributed by atoms with van der Waals surface area (Å²) in [6, 6.07) is 1.84. The zero-order valence-corrected chi connectivity index (χ0v) is 9.89. The van der Waals surface area contributed by atoms with Gasteiger partial charge in [0.1, 0.15) is 5.75 Å². The molecule has 5 heteroatoms. The van der Waals surface area contributed by atoms with Gasteiger partial charge >= 0.3 is 0 Å². The van der Waals surface area contributed by atoms with Gasteiger partial charge in [-0.3, -0.25) is 9.78 Å². The first kappa shape index (κ1) is 11.9. The summed E-state index contributed by atoms with van der Waals surface area (Å²) >= 11 is 0. The first-order valence-electron chi connectivity index (χ1n) is 5.79. The second-order valence-corrected chi connectivity index (χ2v) is 4.42. The minimum Gasteiger partial charge on any atom is -0.506 e. The monoisotopic (exact) mass is 235 g/mol. The number of carbonyl (C=O) groups excluding carboxylic acids is 1. The van der Waals surface area contributed by atoms with Crippen molar-refractivity contribution >= 4 is 5.91 Å². The van der Waals surface area contributed by atoms with E-state index < -0.39 is 0 Å². The maximum absolute atomic E-state index is 11.8. The predicted octanol–water partition coefficient (Wildman–Crippen LogP) is 0.611.